The van der Waals surface area contributed by atoms with Crippen LogP contribution in [0.3, 0.4) is 0 Å². The third-order valence-corrected chi connectivity index (χ3v) is 7.66. The Morgan fingerprint density at radius 2 is 1.33 bits per heavy atom. The van der Waals surface area contributed by atoms with E-state index >= 15 is 0 Å². The zero-order valence-corrected chi connectivity index (χ0v) is 22.9. The molecule has 3 nitrogen and oxygen atoms in total. The minimum Gasteiger partial charge on any atom is -0.480 e. The number of primary amides is 1. The Bertz CT molecular complexity index is 693. The van der Waals surface area contributed by atoms with Crippen LogP contribution in [0.1, 0.15) is 143 Å². The molecule has 33 heavy (non-hydrogen) atoms. The smallest absolute Gasteiger partial charge is 0.258 e. The van der Waals surface area contributed by atoms with Crippen LogP contribution in [0.5, 0.6) is 5.75 Å². The lowest BCUT2D eigenvalue weighted by molar-refractivity contribution is -0.125. The molecule has 0 saturated carbocycles. The standard InChI is InChI=1S/C30H53NO2/c1-8-11-12-13-14-15-16-17-18-19-20-27(28(31)32)33-26-22-21-24(29(4,5)9-2)23-25(26)30(6,7)10-3/h21-23,27H,8-20H2,1-7H3,(H2,31,32). The quantitative estimate of drug-likeness (QED) is 0.223. The van der Waals surface area contributed by atoms with Crippen LogP contribution in [-0.2, 0) is 15.6 Å². The van der Waals surface area contributed by atoms with Crippen LogP contribution in [0.25, 0.3) is 0 Å². The molecule has 0 saturated heterocycles. The predicted octanol–water partition coefficient (Wildman–Crippen LogP) is 8.61. The van der Waals surface area contributed by atoms with E-state index in [9.17, 15) is 4.79 Å². The van der Waals surface area contributed by atoms with E-state index in [0.29, 0.717) is 6.42 Å². The summed E-state index contributed by atoms with van der Waals surface area (Å²) in [5.74, 6) is 0.456. The summed E-state index contributed by atoms with van der Waals surface area (Å²) in [6.45, 7) is 15.8. The lowest BCUT2D eigenvalue weighted by atomic mass is 9.76. The van der Waals surface area contributed by atoms with Crippen molar-refractivity contribution < 1.29 is 9.53 Å². The van der Waals surface area contributed by atoms with Gasteiger partial charge in [-0.05, 0) is 48.1 Å². The number of hydrogen-bond acceptors (Lipinski definition) is 2. The second-order valence-electron chi connectivity index (χ2n) is 11.2. The van der Waals surface area contributed by atoms with E-state index in [1.54, 1.807) is 0 Å². The summed E-state index contributed by atoms with van der Waals surface area (Å²) in [6, 6.07) is 6.52. The Balaban J connectivity index is 2.72. The third kappa shape index (κ3) is 10.1. The molecule has 190 valence electrons. The highest BCUT2D eigenvalue weighted by Gasteiger charge is 2.28. The fourth-order valence-corrected chi connectivity index (χ4v) is 4.21. The minimum absolute atomic E-state index is 0.0332. The molecule has 0 fully saturated rings. The van der Waals surface area contributed by atoms with E-state index in [0.717, 1.165) is 31.4 Å². The first kappa shape index (κ1) is 29.5. The molecule has 1 rings (SSSR count). The van der Waals surface area contributed by atoms with Crippen molar-refractivity contribution in [2.45, 2.75) is 149 Å². The Kier molecular flexibility index (Phi) is 13.1. The Hall–Kier alpha value is -1.51. The van der Waals surface area contributed by atoms with Crippen molar-refractivity contribution in [2.24, 2.45) is 5.73 Å². The molecule has 0 bridgehead atoms. The van der Waals surface area contributed by atoms with Gasteiger partial charge in [0.2, 0.25) is 0 Å². The summed E-state index contributed by atoms with van der Waals surface area (Å²) in [5, 5.41) is 0. The second kappa shape index (κ2) is 14.7. The van der Waals surface area contributed by atoms with Gasteiger partial charge in [0.25, 0.3) is 5.91 Å². The first-order valence-electron chi connectivity index (χ1n) is 13.7. The van der Waals surface area contributed by atoms with Gasteiger partial charge < -0.3 is 10.5 Å². The van der Waals surface area contributed by atoms with Crippen LogP contribution in [0.4, 0.5) is 0 Å². The van der Waals surface area contributed by atoms with Crippen LogP contribution in [-0.4, -0.2) is 12.0 Å². The number of ether oxygens (including phenoxy) is 1. The molecule has 0 aliphatic rings. The maximum Gasteiger partial charge on any atom is 0.258 e. The molecule has 1 aromatic carbocycles. The van der Waals surface area contributed by atoms with Gasteiger partial charge in [-0.3, -0.25) is 4.79 Å². The molecule has 1 aromatic rings. The fraction of sp³-hybridized carbons (Fsp3) is 0.767. The number of amides is 1. The summed E-state index contributed by atoms with van der Waals surface area (Å²) in [5.41, 5.74) is 8.33. The largest absolute Gasteiger partial charge is 0.480 e. The highest BCUT2D eigenvalue weighted by Crippen LogP contribution is 2.39. The second-order valence-corrected chi connectivity index (χ2v) is 11.2. The first-order chi connectivity index (χ1) is 15.6. The molecular weight excluding hydrogens is 406 g/mol. The topological polar surface area (TPSA) is 52.3 Å². The number of carbonyl (C=O) groups excluding carboxylic acids is 1. The molecule has 0 aromatic heterocycles. The van der Waals surface area contributed by atoms with Crippen molar-refractivity contribution in [1.82, 2.24) is 0 Å². The van der Waals surface area contributed by atoms with Crippen molar-refractivity contribution in [2.75, 3.05) is 0 Å². The Labute approximate surface area is 205 Å². The van der Waals surface area contributed by atoms with E-state index in [1.165, 1.54) is 62.5 Å². The predicted molar refractivity (Wildman–Crippen MR) is 143 cm³/mol. The highest BCUT2D eigenvalue weighted by molar-refractivity contribution is 5.79. The average Bonchev–Trinajstić information content (AvgIpc) is 2.79. The summed E-state index contributed by atoms with van der Waals surface area (Å²) in [4.78, 5) is 12.2. The maximum absolute atomic E-state index is 12.2. The van der Waals surface area contributed by atoms with Gasteiger partial charge in [-0.2, -0.15) is 0 Å². The number of carbonyl (C=O) groups is 1. The number of benzene rings is 1. The first-order valence-corrected chi connectivity index (χ1v) is 13.7. The zero-order valence-electron chi connectivity index (χ0n) is 22.9. The molecule has 2 N–H and O–H groups in total. The van der Waals surface area contributed by atoms with Crippen LogP contribution >= 0.6 is 0 Å². The van der Waals surface area contributed by atoms with E-state index in [2.05, 4.69) is 66.7 Å². The van der Waals surface area contributed by atoms with Crippen molar-refractivity contribution in [3.8, 4) is 5.75 Å². The maximum atomic E-state index is 12.2. The van der Waals surface area contributed by atoms with Gasteiger partial charge in [0.15, 0.2) is 6.10 Å². The van der Waals surface area contributed by atoms with Gasteiger partial charge in [0.1, 0.15) is 5.75 Å². The molecule has 0 radical (unpaired) electrons. The number of nitrogens with two attached hydrogens (primary N) is 1. The number of rotatable bonds is 18. The lowest BCUT2D eigenvalue weighted by Crippen LogP contribution is -2.34. The van der Waals surface area contributed by atoms with Crippen LogP contribution in [0.15, 0.2) is 18.2 Å². The SMILES string of the molecule is CCCCCCCCCCCCC(Oc1ccc(C(C)(C)CC)cc1C(C)(C)CC)C(N)=O. The normalized spacial score (nSPS) is 13.2. The van der Waals surface area contributed by atoms with E-state index in [1.807, 2.05) is 0 Å². The molecule has 1 atom stereocenters. The van der Waals surface area contributed by atoms with Crippen LogP contribution < -0.4 is 10.5 Å². The van der Waals surface area contributed by atoms with Gasteiger partial charge in [0.05, 0.1) is 0 Å². The van der Waals surface area contributed by atoms with E-state index in [4.69, 9.17) is 10.5 Å². The van der Waals surface area contributed by atoms with Gasteiger partial charge in [0, 0.05) is 5.56 Å². The van der Waals surface area contributed by atoms with Crippen LogP contribution in [0.2, 0.25) is 0 Å². The molecule has 0 aliphatic heterocycles. The molecule has 0 heterocycles. The van der Waals surface area contributed by atoms with Gasteiger partial charge in [-0.1, -0.05) is 118 Å². The van der Waals surface area contributed by atoms with Crippen molar-refractivity contribution >= 4 is 5.91 Å². The number of unbranched alkanes of at least 4 members (excludes halogenated alkanes) is 9. The lowest BCUT2D eigenvalue weighted by Gasteiger charge is -2.31. The summed E-state index contributed by atoms with van der Waals surface area (Å²) in [6.07, 6.45) is 15.0. The Morgan fingerprint density at radius 3 is 1.82 bits per heavy atom. The molecule has 1 unspecified atom stereocenters. The monoisotopic (exact) mass is 459 g/mol. The van der Waals surface area contributed by atoms with Crippen molar-refractivity contribution in [1.29, 1.82) is 0 Å². The number of hydrogen-bond donors (Lipinski definition) is 1. The minimum atomic E-state index is -0.560. The molecular formula is C30H53NO2. The molecule has 0 aliphatic carbocycles. The van der Waals surface area contributed by atoms with Gasteiger partial charge >= 0.3 is 0 Å². The van der Waals surface area contributed by atoms with E-state index < -0.39 is 6.10 Å². The summed E-state index contributed by atoms with van der Waals surface area (Å²) in [7, 11) is 0. The van der Waals surface area contributed by atoms with E-state index in [-0.39, 0.29) is 16.7 Å². The molecule has 3 heteroatoms. The highest BCUT2D eigenvalue weighted by atomic mass is 16.5. The van der Waals surface area contributed by atoms with Gasteiger partial charge in [-0.15, -0.1) is 0 Å². The average molecular weight is 460 g/mol. The Morgan fingerprint density at radius 1 is 0.818 bits per heavy atom. The zero-order chi connectivity index (χ0) is 24.9. The van der Waals surface area contributed by atoms with Gasteiger partial charge in [-0.25, -0.2) is 0 Å². The molecule has 1 amide bonds. The summed E-state index contributed by atoms with van der Waals surface area (Å²) >= 11 is 0. The summed E-state index contributed by atoms with van der Waals surface area (Å²) < 4.78 is 6.30. The van der Waals surface area contributed by atoms with Crippen molar-refractivity contribution in [3.05, 3.63) is 29.3 Å². The fourth-order valence-electron chi connectivity index (χ4n) is 4.21. The molecule has 0 spiro atoms. The van der Waals surface area contributed by atoms with Crippen LogP contribution in [0, 0.1) is 0 Å². The third-order valence-electron chi connectivity index (χ3n) is 7.66. The van der Waals surface area contributed by atoms with Crippen molar-refractivity contribution in [3.63, 3.8) is 0 Å².